The van der Waals surface area contributed by atoms with Crippen LogP contribution in [0.5, 0.6) is 0 Å². The predicted molar refractivity (Wildman–Crippen MR) is 86.2 cm³/mol. The Kier molecular flexibility index (Phi) is 3.65. The van der Waals surface area contributed by atoms with Gasteiger partial charge in [0.1, 0.15) is 13.7 Å². The number of rotatable bonds is 4. The van der Waals surface area contributed by atoms with Gasteiger partial charge in [-0.05, 0) is 23.1 Å². The fourth-order valence-electron chi connectivity index (χ4n) is 2.32. The van der Waals surface area contributed by atoms with Crippen molar-refractivity contribution in [2.45, 2.75) is 26.3 Å². The zero-order chi connectivity index (χ0) is 14.8. The summed E-state index contributed by atoms with van der Waals surface area (Å²) in [5.41, 5.74) is 3.63. The maximum Gasteiger partial charge on any atom is 0.160 e. The molecule has 2 aromatic heterocycles. The monoisotopic (exact) mass is 276 g/mol. The summed E-state index contributed by atoms with van der Waals surface area (Å²) in [5, 5.41) is 7.81. The molecule has 0 amide bonds. The number of nitrogens with zero attached hydrogens (tertiary/aromatic N) is 3. The average Bonchev–Trinajstić information content (AvgIpc) is 2.89. The molecular weight excluding hydrogens is 259 g/mol. The Balaban J connectivity index is 1.95. The summed E-state index contributed by atoms with van der Waals surface area (Å²) < 4.78 is 1.81. The van der Waals surface area contributed by atoms with Crippen LogP contribution < -0.4 is 10.9 Å². The largest absolute Gasteiger partial charge is 0.366 e. The van der Waals surface area contributed by atoms with E-state index in [-0.39, 0.29) is 0 Å². The standard InChI is InChI=1S/C16H17BN4/c1-11(2)13-10-19-21-15(8-14(17)20-16(13)21)18-9-12-6-4-3-5-7-12/h3-8,10-11,18H,9H2,1-2H3. The molecule has 0 bridgehead atoms. The van der Waals surface area contributed by atoms with Crippen LogP contribution in [0.15, 0.2) is 42.6 Å². The second-order valence-corrected chi connectivity index (χ2v) is 5.40. The van der Waals surface area contributed by atoms with Gasteiger partial charge in [0.05, 0.1) is 6.20 Å². The van der Waals surface area contributed by atoms with Crippen molar-refractivity contribution in [2.75, 3.05) is 5.32 Å². The van der Waals surface area contributed by atoms with Crippen molar-refractivity contribution in [1.29, 1.82) is 0 Å². The van der Waals surface area contributed by atoms with E-state index in [1.165, 1.54) is 5.56 Å². The molecule has 5 heteroatoms. The molecule has 0 fully saturated rings. The Morgan fingerprint density at radius 3 is 2.71 bits per heavy atom. The number of hydrogen-bond acceptors (Lipinski definition) is 3. The quantitative estimate of drug-likeness (QED) is 0.743. The first-order chi connectivity index (χ1) is 10.1. The molecule has 0 aliphatic rings. The lowest BCUT2D eigenvalue weighted by molar-refractivity contribution is 0.872. The van der Waals surface area contributed by atoms with Gasteiger partial charge in [0.15, 0.2) is 5.65 Å². The highest BCUT2D eigenvalue weighted by molar-refractivity contribution is 6.31. The van der Waals surface area contributed by atoms with Crippen LogP contribution in [0.1, 0.15) is 30.9 Å². The summed E-state index contributed by atoms with van der Waals surface area (Å²) in [6.45, 7) is 4.97. The molecule has 2 heterocycles. The predicted octanol–water partition coefficient (Wildman–Crippen LogP) is 2.26. The molecular formula is C16H17BN4. The third kappa shape index (κ3) is 2.77. The van der Waals surface area contributed by atoms with Gasteiger partial charge in [-0.1, -0.05) is 44.2 Å². The minimum Gasteiger partial charge on any atom is -0.366 e. The molecule has 0 spiro atoms. The summed E-state index contributed by atoms with van der Waals surface area (Å²) in [4.78, 5) is 4.41. The van der Waals surface area contributed by atoms with Gasteiger partial charge in [0.25, 0.3) is 0 Å². The average molecular weight is 276 g/mol. The lowest BCUT2D eigenvalue weighted by Gasteiger charge is -2.10. The molecule has 4 nitrogen and oxygen atoms in total. The normalized spacial score (nSPS) is 11.2. The van der Waals surface area contributed by atoms with Crippen LogP contribution in [0.4, 0.5) is 5.82 Å². The Hall–Kier alpha value is -2.30. The molecule has 1 aromatic carbocycles. The summed E-state index contributed by atoms with van der Waals surface area (Å²) in [5.74, 6) is 1.21. The van der Waals surface area contributed by atoms with Gasteiger partial charge in [-0.15, -0.1) is 0 Å². The first-order valence-electron chi connectivity index (χ1n) is 7.07. The van der Waals surface area contributed by atoms with Gasteiger partial charge in [0.2, 0.25) is 0 Å². The molecule has 21 heavy (non-hydrogen) atoms. The fourth-order valence-corrected chi connectivity index (χ4v) is 2.32. The summed E-state index contributed by atoms with van der Waals surface area (Å²) >= 11 is 0. The number of hydrogen-bond donors (Lipinski definition) is 1. The molecule has 0 atom stereocenters. The van der Waals surface area contributed by atoms with Gasteiger partial charge in [0, 0.05) is 12.1 Å². The number of nitrogens with one attached hydrogen (secondary N) is 1. The first kappa shape index (κ1) is 13.7. The van der Waals surface area contributed by atoms with Crippen LogP contribution in [-0.4, -0.2) is 22.4 Å². The first-order valence-corrected chi connectivity index (χ1v) is 7.07. The molecule has 104 valence electrons. The molecule has 0 unspecified atom stereocenters. The maximum absolute atomic E-state index is 5.93. The Labute approximate surface area is 125 Å². The second-order valence-electron chi connectivity index (χ2n) is 5.40. The molecule has 0 saturated heterocycles. The van der Waals surface area contributed by atoms with Crippen LogP contribution in [0.2, 0.25) is 0 Å². The highest BCUT2D eigenvalue weighted by Gasteiger charge is 2.12. The molecule has 0 aliphatic carbocycles. The van der Waals surface area contributed by atoms with Gasteiger partial charge in [-0.25, -0.2) is 4.98 Å². The van der Waals surface area contributed by atoms with Gasteiger partial charge in [-0.3, -0.25) is 0 Å². The third-order valence-electron chi connectivity index (χ3n) is 3.46. The number of anilines is 1. The smallest absolute Gasteiger partial charge is 0.160 e. The Morgan fingerprint density at radius 2 is 2.00 bits per heavy atom. The van der Waals surface area contributed by atoms with Crippen molar-refractivity contribution >= 4 is 24.9 Å². The number of aromatic nitrogens is 3. The molecule has 0 saturated carbocycles. The van der Waals surface area contributed by atoms with E-state index in [1.54, 1.807) is 0 Å². The zero-order valence-corrected chi connectivity index (χ0v) is 12.2. The second kappa shape index (κ2) is 5.60. The third-order valence-corrected chi connectivity index (χ3v) is 3.46. The fraction of sp³-hybridized carbons (Fsp3) is 0.250. The van der Waals surface area contributed by atoms with Crippen LogP contribution >= 0.6 is 0 Å². The van der Waals surface area contributed by atoms with E-state index in [1.807, 2.05) is 35.0 Å². The van der Waals surface area contributed by atoms with Crippen molar-refractivity contribution in [3.05, 3.63) is 53.7 Å². The van der Waals surface area contributed by atoms with E-state index in [0.29, 0.717) is 11.5 Å². The van der Waals surface area contributed by atoms with E-state index in [0.717, 1.165) is 23.6 Å². The topological polar surface area (TPSA) is 42.2 Å². The summed E-state index contributed by atoms with van der Waals surface area (Å²) in [7, 11) is 5.93. The van der Waals surface area contributed by atoms with E-state index in [9.17, 15) is 0 Å². The van der Waals surface area contributed by atoms with Crippen molar-refractivity contribution in [3.8, 4) is 0 Å². The van der Waals surface area contributed by atoms with E-state index >= 15 is 0 Å². The zero-order valence-electron chi connectivity index (χ0n) is 12.2. The van der Waals surface area contributed by atoms with Crippen molar-refractivity contribution in [2.24, 2.45) is 0 Å². The number of benzene rings is 1. The van der Waals surface area contributed by atoms with E-state index < -0.39 is 0 Å². The minimum absolute atomic E-state index is 0.360. The Morgan fingerprint density at radius 1 is 1.24 bits per heavy atom. The van der Waals surface area contributed by atoms with Crippen molar-refractivity contribution < 1.29 is 0 Å². The van der Waals surface area contributed by atoms with Crippen molar-refractivity contribution in [3.63, 3.8) is 0 Å². The molecule has 0 aliphatic heterocycles. The maximum atomic E-state index is 5.93. The van der Waals surface area contributed by atoms with Crippen LogP contribution in [0.3, 0.4) is 0 Å². The summed E-state index contributed by atoms with van der Waals surface area (Å²) in [6, 6.07) is 12.0. The Bertz CT molecular complexity index is 750. The molecule has 3 aromatic rings. The molecule has 3 rings (SSSR count). The van der Waals surface area contributed by atoms with E-state index in [4.69, 9.17) is 7.85 Å². The van der Waals surface area contributed by atoms with Gasteiger partial charge in [-0.2, -0.15) is 9.61 Å². The molecule has 2 radical (unpaired) electrons. The summed E-state index contributed by atoms with van der Waals surface area (Å²) in [6.07, 6.45) is 1.86. The SMILES string of the molecule is [B]c1cc(NCc2ccccc2)n2ncc(C(C)C)c2n1. The van der Waals surface area contributed by atoms with Crippen molar-refractivity contribution in [1.82, 2.24) is 14.6 Å². The van der Waals surface area contributed by atoms with Gasteiger partial charge >= 0.3 is 0 Å². The van der Waals surface area contributed by atoms with Crippen LogP contribution in [0, 0.1) is 0 Å². The molecule has 1 N–H and O–H groups in total. The van der Waals surface area contributed by atoms with Gasteiger partial charge < -0.3 is 5.32 Å². The number of fused-ring (bicyclic) bond motifs is 1. The lowest BCUT2D eigenvalue weighted by atomic mass is 10.0. The highest BCUT2D eigenvalue weighted by atomic mass is 15.3. The highest BCUT2D eigenvalue weighted by Crippen LogP contribution is 2.20. The van der Waals surface area contributed by atoms with Crippen LogP contribution in [0.25, 0.3) is 5.65 Å². The minimum atomic E-state index is 0.360. The van der Waals surface area contributed by atoms with E-state index in [2.05, 4.69) is 41.4 Å². The van der Waals surface area contributed by atoms with Crippen LogP contribution in [-0.2, 0) is 6.54 Å². The lowest BCUT2D eigenvalue weighted by Crippen LogP contribution is -2.15.